The van der Waals surface area contributed by atoms with Crippen LogP contribution in [0.15, 0.2) is 0 Å². The summed E-state index contributed by atoms with van der Waals surface area (Å²) >= 11 is 0. The number of morpholine rings is 1. The minimum Gasteiger partial charge on any atom is -0.379 e. The molecular weight excluding hydrogens is 226 g/mol. The average molecular weight is 253 g/mol. The zero-order valence-electron chi connectivity index (χ0n) is 11.4. The van der Waals surface area contributed by atoms with Crippen molar-refractivity contribution in [3.63, 3.8) is 0 Å². The molecule has 104 valence electrons. The molecule has 3 aliphatic rings. The number of ether oxygens (including phenoxy) is 1. The minimum atomic E-state index is 0.419. The molecule has 0 aromatic rings. The van der Waals surface area contributed by atoms with Gasteiger partial charge in [-0.15, -0.1) is 0 Å². The third-order valence-electron chi connectivity index (χ3n) is 5.01. The Morgan fingerprint density at radius 1 is 0.889 bits per heavy atom. The normalized spacial score (nSPS) is 40.2. The lowest BCUT2D eigenvalue weighted by atomic mass is 9.90. The van der Waals surface area contributed by atoms with Gasteiger partial charge in [-0.05, 0) is 19.3 Å². The molecule has 18 heavy (non-hydrogen) atoms. The Kier molecular flexibility index (Phi) is 4.19. The summed E-state index contributed by atoms with van der Waals surface area (Å²) in [4.78, 5) is 5.29. The SMILES string of the molecule is NC1CCCCC1N1CCC(N2CCOCC2)C1. The highest BCUT2D eigenvalue weighted by Gasteiger charge is 2.35. The van der Waals surface area contributed by atoms with Crippen LogP contribution in [0.1, 0.15) is 32.1 Å². The van der Waals surface area contributed by atoms with E-state index in [1.165, 1.54) is 45.2 Å². The molecule has 4 heteroatoms. The first-order chi connectivity index (χ1) is 8.84. The highest BCUT2D eigenvalue weighted by Crippen LogP contribution is 2.26. The molecule has 1 aliphatic carbocycles. The summed E-state index contributed by atoms with van der Waals surface area (Å²) in [6, 6.07) is 1.83. The zero-order valence-corrected chi connectivity index (χ0v) is 11.4. The molecule has 3 fully saturated rings. The van der Waals surface area contributed by atoms with E-state index in [1.807, 2.05) is 0 Å². The van der Waals surface area contributed by atoms with Crippen LogP contribution in [0.3, 0.4) is 0 Å². The summed E-state index contributed by atoms with van der Waals surface area (Å²) < 4.78 is 5.44. The predicted octanol–water partition coefficient (Wildman–Crippen LogP) is 0.663. The molecule has 3 rings (SSSR count). The highest BCUT2D eigenvalue weighted by atomic mass is 16.5. The Morgan fingerprint density at radius 3 is 2.44 bits per heavy atom. The van der Waals surface area contributed by atoms with E-state index in [-0.39, 0.29) is 0 Å². The van der Waals surface area contributed by atoms with Gasteiger partial charge in [0.25, 0.3) is 0 Å². The van der Waals surface area contributed by atoms with E-state index in [0.29, 0.717) is 12.1 Å². The van der Waals surface area contributed by atoms with Gasteiger partial charge in [-0.2, -0.15) is 0 Å². The summed E-state index contributed by atoms with van der Waals surface area (Å²) in [7, 11) is 0. The van der Waals surface area contributed by atoms with Gasteiger partial charge in [0.1, 0.15) is 0 Å². The second-order valence-electron chi connectivity index (χ2n) is 6.10. The molecule has 0 bridgehead atoms. The molecule has 0 aromatic heterocycles. The van der Waals surface area contributed by atoms with E-state index >= 15 is 0 Å². The first-order valence-electron chi connectivity index (χ1n) is 7.66. The van der Waals surface area contributed by atoms with Gasteiger partial charge in [0.05, 0.1) is 13.2 Å². The van der Waals surface area contributed by atoms with E-state index in [0.717, 1.165) is 32.3 Å². The third-order valence-corrected chi connectivity index (χ3v) is 5.01. The number of rotatable bonds is 2. The molecule has 0 amide bonds. The highest BCUT2D eigenvalue weighted by molar-refractivity contribution is 4.93. The first kappa shape index (κ1) is 12.9. The van der Waals surface area contributed by atoms with Gasteiger partial charge in [0.2, 0.25) is 0 Å². The van der Waals surface area contributed by atoms with Gasteiger partial charge in [-0.1, -0.05) is 12.8 Å². The van der Waals surface area contributed by atoms with Crippen molar-refractivity contribution in [2.24, 2.45) is 5.73 Å². The van der Waals surface area contributed by atoms with Crippen molar-refractivity contribution < 1.29 is 4.74 Å². The third kappa shape index (κ3) is 2.72. The van der Waals surface area contributed by atoms with Crippen LogP contribution in [-0.4, -0.2) is 67.3 Å². The Morgan fingerprint density at radius 2 is 1.67 bits per heavy atom. The molecule has 2 heterocycles. The second kappa shape index (κ2) is 5.87. The van der Waals surface area contributed by atoms with E-state index in [4.69, 9.17) is 10.5 Å². The Balaban J connectivity index is 1.53. The van der Waals surface area contributed by atoms with Crippen LogP contribution in [0, 0.1) is 0 Å². The molecule has 2 N–H and O–H groups in total. The van der Waals surface area contributed by atoms with Crippen LogP contribution >= 0.6 is 0 Å². The summed E-state index contributed by atoms with van der Waals surface area (Å²) in [5.41, 5.74) is 6.31. The van der Waals surface area contributed by atoms with Gasteiger partial charge in [0, 0.05) is 44.3 Å². The van der Waals surface area contributed by atoms with E-state index < -0.39 is 0 Å². The maximum absolute atomic E-state index is 6.31. The molecule has 1 saturated carbocycles. The van der Waals surface area contributed by atoms with Crippen molar-refractivity contribution in [3.05, 3.63) is 0 Å². The van der Waals surface area contributed by atoms with Crippen molar-refractivity contribution in [3.8, 4) is 0 Å². The predicted molar refractivity (Wildman–Crippen MR) is 72.6 cm³/mol. The molecule has 4 nitrogen and oxygen atoms in total. The van der Waals surface area contributed by atoms with Crippen LogP contribution in [0.2, 0.25) is 0 Å². The summed E-state index contributed by atoms with van der Waals surface area (Å²) in [5.74, 6) is 0. The van der Waals surface area contributed by atoms with Crippen molar-refractivity contribution in [1.29, 1.82) is 0 Å². The summed E-state index contributed by atoms with van der Waals surface area (Å²) in [6.07, 6.45) is 6.57. The van der Waals surface area contributed by atoms with E-state index in [1.54, 1.807) is 0 Å². The molecule has 0 spiro atoms. The van der Waals surface area contributed by atoms with Crippen molar-refractivity contribution in [2.75, 3.05) is 39.4 Å². The number of likely N-dealkylation sites (tertiary alicyclic amines) is 1. The van der Waals surface area contributed by atoms with Crippen LogP contribution in [0.25, 0.3) is 0 Å². The fourth-order valence-corrected chi connectivity index (χ4v) is 3.90. The Bertz CT molecular complexity index is 268. The van der Waals surface area contributed by atoms with Crippen LogP contribution in [-0.2, 0) is 4.74 Å². The average Bonchev–Trinajstić information content (AvgIpc) is 2.90. The Labute approximate surface area is 110 Å². The second-order valence-corrected chi connectivity index (χ2v) is 6.10. The number of nitrogens with zero attached hydrogens (tertiary/aromatic N) is 2. The molecule has 0 aromatic carbocycles. The smallest absolute Gasteiger partial charge is 0.0594 e. The fourth-order valence-electron chi connectivity index (χ4n) is 3.90. The van der Waals surface area contributed by atoms with E-state index in [2.05, 4.69) is 9.80 Å². The lowest BCUT2D eigenvalue weighted by molar-refractivity contribution is 0.0168. The Hall–Kier alpha value is -0.160. The first-order valence-corrected chi connectivity index (χ1v) is 7.66. The maximum Gasteiger partial charge on any atom is 0.0594 e. The molecule has 2 aliphatic heterocycles. The van der Waals surface area contributed by atoms with Crippen LogP contribution < -0.4 is 5.73 Å². The van der Waals surface area contributed by atoms with Gasteiger partial charge < -0.3 is 10.5 Å². The number of hydrogen-bond acceptors (Lipinski definition) is 4. The van der Waals surface area contributed by atoms with Crippen molar-refractivity contribution >= 4 is 0 Å². The monoisotopic (exact) mass is 253 g/mol. The van der Waals surface area contributed by atoms with Crippen LogP contribution in [0.5, 0.6) is 0 Å². The topological polar surface area (TPSA) is 41.7 Å². The van der Waals surface area contributed by atoms with Gasteiger partial charge in [-0.3, -0.25) is 9.80 Å². The van der Waals surface area contributed by atoms with Crippen molar-refractivity contribution in [2.45, 2.75) is 50.2 Å². The minimum absolute atomic E-state index is 0.419. The van der Waals surface area contributed by atoms with Gasteiger partial charge >= 0.3 is 0 Å². The molecule has 2 saturated heterocycles. The summed E-state index contributed by atoms with van der Waals surface area (Å²) in [6.45, 7) is 6.56. The van der Waals surface area contributed by atoms with Gasteiger partial charge in [-0.25, -0.2) is 0 Å². The lowest BCUT2D eigenvalue weighted by Crippen LogP contribution is -2.50. The quantitative estimate of drug-likeness (QED) is 0.785. The molecule has 0 radical (unpaired) electrons. The summed E-state index contributed by atoms with van der Waals surface area (Å²) in [5, 5.41) is 0. The molecule has 3 unspecified atom stereocenters. The standard InChI is InChI=1S/C14H27N3O/c15-13-3-1-2-4-14(13)17-6-5-12(11-17)16-7-9-18-10-8-16/h12-14H,1-11,15H2. The lowest BCUT2D eigenvalue weighted by Gasteiger charge is -2.37. The van der Waals surface area contributed by atoms with Crippen LogP contribution in [0.4, 0.5) is 0 Å². The largest absolute Gasteiger partial charge is 0.379 e. The molecular formula is C14H27N3O. The zero-order chi connectivity index (χ0) is 12.4. The fraction of sp³-hybridized carbons (Fsp3) is 1.00. The van der Waals surface area contributed by atoms with E-state index in [9.17, 15) is 0 Å². The van der Waals surface area contributed by atoms with Gasteiger partial charge in [0.15, 0.2) is 0 Å². The molecule has 3 atom stereocenters. The van der Waals surface area contributed by atoms with Crippen molar-refractivity contribution in [1.82, 2.24) is 9.80 Å². The number of hydrogen-bond donors (Lipinski definition) is 1. The maximum atomic E-state index is 6.31. The number of nitrogens with two attached hydrogens (primary N) is 1.